The third-order valence-corrected chi connectivity index (χ3v) is 4.23. The van der Waals surface area contributed by atoms with Crippen molar-refractivity contribution in [3.63, 3.8) is 0 Å². The number of hydrogen-bond donors (Lipinski definition) is 1. The van der Waals surface area contributed by atoms with Crippen LogP contribution in [0.5, 0.6) is 5.75 Å². The summed E-state index contributed by atoms with van der Waals surface area (Å²) in [4.78, 5) is 7.01. The summed E-state index contributed by atoms with van der Waals surface area (Å²) in [6.07, 6.45) is 4.43. The zero-order chi connectivity index (χ0) is 14.7. The summed E-state index contributed by atoms with van der Waals surface area (Å²) in [5.74, 6) is 1.96. The third-order valence-electron chi connectivity index (χ3n) is 4.23. The lowest BCUT2D eigenvalue weighted by Crippen LogP contribution is -2.38. The summed E-state index contributed by atoms with van der Waals surface area (Å²) in [7, 11) is 1.70. The molecule has 0 bridgehead atoms. The number of likely N-dealkylation sites (N-methyl/N-ethyl adjacent to an activating group) is 1. The summed E-state index contributed by atoms with van der Waals surface area (Å²) in [5.41, 5.74) is 0. The highest BCUT2D eigenvalue weighted by atomic mass is 16.5. The fraction of sp³-hybridized carbons (Fsp3) is 0.471. The zero-order valence-corrected chi connectivity index (χ0v) is 12.8. The van der Waals surface area contributed by atoms with E-state index in [2.05, 4.69) is 34.3 Å². The number of fused-ring (bicyclic) bond motifs is 1. The Bertz CT molecular complexity index is 608. The van der Waals surface area contributed by atoms with Crippen LogP contribution in [0.3, 0.4) is 0 Å². The van der Waals surface area contributed by atoms with Gasteiger partial charge >= 0.3 is 0 Å². The molecule has 21 heavy (non-hydrogen) atoms. The minimum atomic E-state index is 0.584. The average Bonchev–Trinajstić information content (AvgIpc) is 3.04. The van der Waals surface area contributed by atoms with E-state index in [1.165, 1.54) is 23.6 Å². The molecule has 2 heterocycles. The Hall–Kier alpha value is -1.81. The Morgan fingerprint density at radius 3 is 3.00 bits per heavy atom. The largest absolute Gasteiger partial charge is 0.497 e. The van der Waals surface area contributed by atoms with E-state index in [1.54, 1.807) is 7.11 Å². The lowest BCUT2D eigenvalue weighted by molar-refractivity contribution is 0.415. The van der Waals surface area contributed by atoms with Gasteiger partial charge in [0.15, 0.2) is 0 Å². The van der Waals surface area contributed by atoms with Crippen molar-refractivity contribution in [3.05, 3.63) is 30.5 Å². The Morgan fingerprint density at radius 1 is 1.38 bits per heavy atom. The molecule has 1 aliphatic heterocycles. The number of hydrogen-bond acceptors (Lipinski definition) is 4. The molecule has 1 fully saturated rings. The van der Waals surface area contributed by atoms with Crippen molar-refractivity contribution in [2.24, 2.45) is 0 Å². The molecule has 0 radical (unpaired) electrons. The van der Waals surface area contributed by atoms with Gasteiger partial charge in [-0.05, 0) is 56.0 Å². The van der Waals surface area contributed by atoms with Crippen LogP contribution in [0.2, 0.25) is 0 Å². The molecule has 3 rings (SSSR count). The maximum absolute atomic E-state index is 5.31. The summed E-state index contributed by atoms with van der Waals surface area (Å²) < 4.78 is 5.31. The van der Waals surface area contributed by atoms with Crippen molar-refractivity contribution in [2.75, 3.05) is 31.6 Å². The van der Waals surface area contributed by atoms with Gasteiger partial charge in [-0.2, -0.15) is 0 Å². The van der Waals surface area contributed by atoms with Gasteiger partial charge in [0.1, 0.15) is 11.6 Å². The molecule has 4 nitrogen and oxygen atoms in total. The molecule has 0 aliphatic carbocycles. The highest BCUT2D eigenvalue weighted by Crippen LogP contribution is 2.28. The first-order chi connectivity index (χ1) is 10.3. The zero-order valence-electron chi connectivity index (χ0n) is 12.8. The smallest absolute Gasteiger partial charge is 0.136 e. The molecular weight excluding hydrogens is 262 g/mol. The monoisotopic (exact) mass is 285 g/mol. The van der Waals surface area contributed by atoms with Crippen LogP contribution in [-0.2, 0) is 0 Å². The topological polar surface area (TPSA) is 37.4 Å². The van der Waals surface area contributed by atoms with Crippen molar-refractivity contribution in [1.29, 1.82) is 0 Å². The number of anilines is 1. The molecule has 1 N–H and O–H groups in total. The van der Waals surface area contributed by atoms with Crippen molar-refractivity contribution in [3.8, 4) is 5.75 Å². The van der Waals surface area contributed by atoms with Gasteiger partial charge in [0.05, 0.1) is 7.11 Å². The van der Waals surface area contributed by atoms with Crippen LogP contribution in [0.4, 0.5) is 5.82 Å². The molecule has 0 saturated carbocycles. The first kappa shape index (κ1) is 14.1. The fourth-order valence-electron chi connectivity index (χ4n) is 3.06. The minimum absolute atomic E-state index is 0.584. The van der Waals surface area contributed by atoms with E-state index in [9.17, 15) is 0 Å². The normalized spacial score (nSPS) is 18.1. The van der Waals surface area contributed by atoms with Crippen LogP contribution < -0.4 is 15.0 Å². The number of nitrogens with one attached hydrogen (secondary N) is 1. The molecule has 1 aliphatic rings. The van der Waals surface area contributed by atoms with Crippen LogP contribution in [0.25, 0.3) is 10.8 Å². The van der Waals surface area contributed by atoms with E-state index in [1.807, 2.05) is 18.3 Å². The number of methoxy groups -OCH3 is 1. The van der Waals surface area contributed by atoms with Crippen LogP contribution in [0.15, 0.2) is 30.5 Å². The molecular formula is C17H23N3O. The molecule has 112 valence electrons. The van der Waals surface area contributed by atoms with Gasteiger partial charge in [0.25, 0.3) is 0 Å². The number of aromatic nitrogens is 1. The highest BCUT2D eigenvalue weighted by Gasteiger charge is 2.19. The Morgan fingerprint density at radius 2 is 2.29 bits per heavy atom. The van der Waals surface area contributed by atoms with Crippen molar-refractivity contribution >= 4 is 16.6 Å². The summed E-state index contributed by atoms with van der Waals surface area (Å²) in [5, 5.41) is 5.94. The first-order valence-electron chi connectivity index (χ1n) is 7.73. The lowest BCUT2D eigenvalue weighted by Gasteiger charge is -2.26. The molecule has 1 saturated heterocycles. The molecule has 0 amide bonds. The van der Waals surface area contributed by atoms with Crippen LogP contribution in [0.1, 0.15) is 19.8 Å². The third kappa shape index (κ3) is 2.95. The van der Waals surface area contributed by atoms with Crippen LogP contribution >= 0.6 is 0 Å². The number of ether oxygens (including phenoxy) is 1. The van der Waals surface area contributed by atoms with E-state index >= 15 is 0 Å². The Labute approximate surface area is 126 Å². The minimum Gasteiger partial charge on any atom is -0.497 e. The van der Waals surface area contributed by atoms with E-state index in [-0.39, 0.29) is 0 Å². The van der Waals surface area contributed by atoms with Gasteiger partial charge in [-0.15, -0.1) is 0 Å². The number of rotatable bonds is 5. The quantitative estimate of drug-likeness (QED) is 0.916. The van der Waals surface area contributed by atoms with E-state index < -0.39 is 0 Å². The van der Waals surface area contributed by atoms with Crippen molar-refractivity contribution < 1.29 is 4.74 Å². The van der Waals surface area contributed by atoms with E-state index in [4.69, 9.17) is 4.74 Å². The van der Waals surface area contributed by atoms with Gasteiger partial charge in [0.2, 0.25) is 0 Å². The summed E-state index contributed by atoms with van der Waals surface area (Å²) in [6.45, 7) is 5.33. The first-order valence-corrected chi connectivity index (χ1v) is 7.73. The van der Waals surface area contributed by atoms with Gasteiger partial charge in [-0.3, -0.25) is 0 Å². The van der Waals surface area contributed by atoms with Crippen LogP contribution in [0, 0.1) is 0 Å². The van der Waals surface area contributed by atoms with E-state index in [0.717, 1.165) is 31.2 Å². The van der Waals surface area contributed by atoms with Gasteiger partial charge in [-0.1, -0.05) is 0 Å². The summed E-state index contributed by atoms with van der Waals surface area (Å²) >= 11 is 0. The lowest BCUT2D eigenvalue weighted by atomic mass is 10.1. The molecule has 1 atom stereocenters. The Balaban J connectivity index is 1.93. The number of nitrogens with zero attached hydrogens (tertiary/aromatic N) is 2. The second kappa shape index (κ2) is 6.31. The number of benzene rings is 1. The second-order valence-corrected chi connectivity index (χ2v) is 5.55. The van der Waals surface area contributed by atoms with Crippen molar-refractivity contribution in [1.82, 2.24) is 10.3 Å². The fourth-order valence-corrected chi connectivity index (χ4v) is 3.06. The summed E-state index contributed by atoms with van der Waals surface area (Å²) in [6, 6.07) is 8.82. The second-order valence-electron chi connectivity index (χ2n) is 5.55. The van der Waals surface area contributed by atoms with Gasteiger partial charge in [0, 0.05) is 30.7 Å². The maximum Gasteiger partial charge on any atom is 0.136 e. The maximum atomic E-state index is 5.31. The van der Waals surface area contributed by atoms with Crippen molar-refractivity contribution in [2.45, 2.75) is 25.8 Å². The predicted molar refractivity (Wildman–Crippen MR) is 87.2 cm³/mol. The van der Waals surface area contributed by atoms with Crippen LogP contribution in [-0.4, -0.2) is 37.8 Å². The molecule has 1 unspecified atom stereocenters. The molecule has 1 aromatic heterocycles. The standard InChI is InChI=1S/C17H23N3O/c1-3-20(12-14-5-4-9-18-14)17-16-7-6-15(21-2)11-13(16)8-10-19-17/h6-8,10-11,14,18H,3-5,9,12H2,1-2H3. The highest BCUT2D eigenvalue weighted by molar-refractivity contribution is 5.93. The molecule has 0 spiro atoms. The number of pyridine rings is 1. The molecule has 2 aromatic rings. The molecule has 1 aromatic carbocycles. The Kier molecular flexibility index (Phi) is 4.25. The van der Waals surface area contributed by atoms with Gasteiger partial charge in [-0.25, -0.2) is 4.98 Å². The molecule has 4 heteroatoms. The SMILES string of the molecule is CCN(CC1CCCN1)c1nccc2cc(OC)ccc12. The van der Waals surface area contributed by atoms with Gasteiger partial charge < -0.3 is 15.0 Å². The predicted octanol–water partition coefficient (Wildman–Crippen LogP) is 2.82. The van der Waals surface area contributed by atoms with E-state index in [0.29, 0.717) is 6.04 Å². The average molecular weight is 285 g/mol.